The number of hydrogen-bond acceptors (Lipinski definition) is 7. The molecule has 0 saturated carbocycles. The number of aliphatic hydroxyl groups excluding tert-OH is 2. The highest BCUT2D eigenvalue weighted by Gasteiger charge is 2.71. The third-order valence-electron chi connectivity index (χ3n) is 9.78. The first-order valence-electron chi connectivity index (χ1n) is 14.7. The van der Waals surface area contributed by atoms with Crippen LogP contribution >= 0.6 is 0 Å². The number of carbonyl (C=O) groups excluding carboxylic acids is 3. The number of allylic oxidation sites excluding steroid dienone is 2. The molecule has 0 radical (unpaired) electrons. The zero-order chi connectivity index (χ0) is 31.8. The van der Waals surface area contributed by atoms with E-state index in [4.69, 9.17) is 0 Å². The summed E-state index contributed by atoms with van der Waals surface area (Å²) in [6.07, 6.45) is 0.286. The fraction of sp³-hybridized carbons (Fsp3) is 0.417. The van der Waals surface area contributed by atoms with Crippen LogP contribution in [0.2, 0.25) is 0 Å². The zero-order valence-electron chi connectivity index (χ0n) is 25.6. The van der Waals surface area contributed by atoms with Crippen LogP contribution in [0.4, 0.5) is 0 Å². The molecular formula is C36H38O7. The maximum atomic E-state index is 14.4. The number of aliphatic hydroxyl groups is 3. The van der Waals surface area contributed by atoms with Crippen LogP contribution in [0.3, 0.4) is 0 Å². The lowest BCUT2D eigenvalue weighted by molar-refractivity contribution is -0.171. The van der Waals surface area contributed by atoms with E-state index in [9.17, 15) is 34.8 Å². The average Bonchev–Trinajstić information content (AvgIpc) is 2.90. The average molecular weight is 583 g/mol. The van der Waals surface area contributed by atoms with Gasteiger partial charge in [-0.15, -0.1) is 0 Å². The van der Waals surface area contributed by atoms with Gasteiger partial charge in [-0.05, 0) is 60.9 Å². The number of Topliss-reactive ketones (excluding diaryl/α,β-unsaturated/α-hetero) is 3. The van der Waals surface area contributed by atoms with Crippen LogP contribution in [-0.4, -0.2) is 43.4 Å². The molecule has 0 aromatic heterocycles. The Morgan fingerprint density at radius 3 is 2.19 bits per heavy atom. The van der Waals surface area contributed by atoms with Gasteiger partial charge in [0, 0.05) is 27.9 Å². The Balaban J connectivity index is 1.79. The van der Waals surface area contributed by atoms with Crippen molar-refractivity contribution in [2.45, 2.75) is 72.8 Å². The molecule has 0 saturated heterocycles. The number of carbonyl (C=O) groups is 3. The maximum absolute atomic E-state index is 14.4. The topological polar surface area (TPSA) is 132 Å². The van der Waals surface area contributed by atoms with Crippen molar-refractivity contribution in [2.75, 3.05) is 0 Å². The second-order valence-electron chi connectivity index (χ2n) is 13.4. The van der Waals surface area contributed by atoms with Crippen molar-refractivity contribution in [1.29, 1.82) is 0 Å². The number of ketones is 3. The summed E-state index contributed by atoms with van der Waals surface area (Å²) in [6.45, 7) is 12.1. The van der Waals surface area contributed by atoms with E-state index in [1.54, 1.807) is 19.9 Å². The van der Waals surface area contributed by atoms with Crippen LogP contribution in [0.5, 0.6) is 5.75 Å². The molecule has 0 fully saturated rings. The molecule has 4 atom stereocenters. The van der Waals surface area contributed by atoms with Crippen molar-refractivity contribution in [3.8, 4) is 17.6 Å². The minimum atomic E-state index is -2.64. The molecule has 7 heteroatoms. The molecule has 7 nitrogen and oxygen atoms in total. The number of aromatic hydroxyl groups is 1. The quantitative estimate of drug-likeness (QED) is 0.263. The number of phenols is 1. The van der Waals surface area contributed by atoms with E-state index in [1.807, 2.05) is 58.0 Å². The molecule has 3 aliphatic carbocycles. The van der Waals surface area contributed by atoms with Crippen molar-refractivity contribution < 1.29 is 34.8 Å². The fourth-order valence-corrected chi connectivity index (χ4v) is 8.10. The smallest absolute Gasteiger partial charge is 0.209 e. The van der Waals surface area contributed by atoms with Gasteiger partial charge in [0.1, 0.15) is 22.8 Å². The molecule has 2 aromatic carbocycles. The standard InChI is InChI=1S/C36H38O7/c1-18(2)23-15-22(14-13-21-11-9-8-10-12-21)29(38)26-24(23)16-34(6)17-35(7)27(19(3)4)30(39)25(20(5)37)32(41)36(35,43)33(42)28(34)31(26)40/h8-12,15,18-19,27,38-39,42-43H,16-17H2,1-7H3/t27?,34-,35-,36+/m1/s1. The number of phenolic OH excluding ortho intramolecular Hbond substituents is 1. The number of fused-ring (bicyclic) bond motifs is 3. The predicted molar refractivity (Wildman–Crippen MR) is 162 cm³/mol. The minimum Gasteiger partial charge on any atom is -0.511 e. The lowest BCUT2D eigenvalue weighted by Gasteiger charge is -2.59. The minimum absolute atomic E-state index is 0.0105. The number of benzene rings is 2. The Morgan fingerprint density at radius 1 is 1.00 bits per heavy atom. The summed E-state index contributed by atoms with van der Waals surface area (Å²) < 4.78 is 0. The molecular weight excluding hydrogens is 544 g/mol. The van der Waals surface area contributed by atoms with Gasteiger partial charge in [-0.1, -0.05) is 71.6 Å². The number of rotatable bonds is 3. The first-order chi connectivity index (χ1) is 20.0. The van der Waals surface area contributed by atoms with E-state index >= 15 is 0 Å². The summed E-state index contributed by atoms with van der Waals surface area (Å²) in [7, 11) is 0. The Morgan fingerprint density at radius 2 is 1.63 bits per heavy atom. The van der Waals surface area contributed by atoms with Gasteiger partial charge in [-0.2, -0.15) is 0 Å². The monoisotopic (exact) mass is 582 g/mol. The van der Waals surface area contributed by atoms with Gasteiger partial charge in [0.25, 0.3) is 0 Å². The molecule has 4 N–H and O–H groups in total. The fourth-order valence-electron chi connectivity index (χ4n) is 8.10. The Kier molecular flexibility index (Phi) is 7.02. The lowest BCUT2D eigenvalue weighted by atomic mass is 9.44. The van der Waals surface area contributed by atoms with Crippen molar-refractivity contribution >= 4 is 17.3 Å². The Hall–Kier alpha value is -4.15. The highest BCUT2D eigenvalue weighted by Crippen LogP contribution is 2.65. The summed E-state index contributed by atoms with van der Waals surface area (Å²) in [5, 5.41) is 46.9. The Bertz CT molecular complexity index is 1710. The number of hydrogen-bond donors (Lipinski definition) is 4. The molecule has 0 aliphatic heterocycles. The van der Waals surface area contributed by atoms with Crippen molar-refractivity contribution in [1.82, 2.24) is 0 Å². The van der Waals surface area contributed by atoms with E-state index in [-0.39, 0.29) is 47.1 Å². The van der Waals surface area contributed by atoms with Gasteiger partial charge in [-0.25, -0.2) is 0 Å². The molecule has 0 heterocycles. The SMILES string of the molecule is CC(=O)C1=C(O)C(C(C)C)[C@@]2(C)C[C@@]3(C)Cc4c(C(C)C)cc(C#Cc5ccccc5)c(O)c4C(=O)C3=C(O)[C@@]2(O)C1=O. The van der Waals surface area contributed by atoms with E-state index in [0.717, 1.165) is 18.1 Å². The zero-order valence-corrected chi connectivity index (χ0v) is 25.6. The van der Waals surface area contributed by atoms with Gasteiger partial charge >= 0.3 is 0 Å². The summed E-state index contributed by atoms with van der Waals surface area (Å²) >= 11 is 0. The molecule has 224 valence electrons. The van der Waals surface area contributed by atoms with E-state index in [2.05, 4.69) is 11.8 Å². The van der Waals surface area contributed by atoms with Crippen molar-refractivity contribution in [3.05, 3.63) is 86.9 Å². The van der Waals surface area contributed by atoms with Crippen LogP contribution in [0, 0.1) is 34.5 Å². The van der Waals surface area contributed by atoms with E-state index < -0.39 is 56.8 Å². The normalized spacial score (nSPS) is 28.4. The molecule has 0 bridgehead atoms. The molecule has 1 unspecified atom stereocenters. The largest absolute Gasteiger partial charge is 0.511 e. The summed E-state index contributed by atoms with van der Waals surface area (Å²) in [4.78, 5) is 40.9. The molecule has 0 spiro atoms. The summed E-state index contributed by atoms with van der Waals surface area (Å²) in [5.41, 5.74) is -3.47. The third-order valence-corrected chi connectivity index (χ3v) is 9.78. The van der Waals surface area contributed by atoms with Crippen LogP contribution in [0.15, 0.2) is 59.1 Å². The van der Waals surface area contributed by atoms with Crippen LogP contribution in [0.1, 0.15) is 93.4 Å². The molecule has 3 aliphatic rings. The van der Waals surface area contributed by atoms with Gasteiger partial charge in [0.05, 0.1) is 11.1 Å². The first kappa shape index (κ1) is 30.3. The summed E-state index contributed by atoms with van der Waals surface area (Å²) in [6, 6.07) is 11.0. The van der Waals surface area contributed by atoms with Gasteiger partial charge in [0.15, 0.2) is 17.2 Å². The van der Waals surface area contributed by atoms with Crippen molar-refractivity contribution in [2.24, 2.45) is 22.7 Å². The predicted octanol–water partition coefficient (Wildman–Crippen LogP) is 5.87. The van der Waals surface area contributed by atoms with E-state index in [0.29, 0.717) is 5.56 Å². The molecule has 2 aromatic rings. The van der Waals surface area contributed by atoms with E-state index in [1.165, 1.54) is 0 Å². The highest BCUT2D eigenvalue weighted by molar-refractivity contribution is 6.25. The van der Waals surface area contributed by atoms with Crippen LogP contribution < -0.4 is 0 Å². The Labute approximate surface area is 252 Å². The van der Waals surface area contributed by atoms with Gasteiger partial charge in [0.2, 0.25) is 5.78 Å². The molecule has 0 amide bonds. The van der Waals surface area contributed by atoms with Crippen molar-refractivity contribution in [3.63, 3.8) is 0 Å². The highest BCUT2D eigenvalue weighted by atomic mass is 16.3. The molecule has 5 rings (SSSR count). The van der Waals surface area contributed by atoms with Crippen LogP contribution in [-0.2, 0) is 16.0 Å². The second kappa shape index (κ2) is 9.96. The van der Waals surface area contributed by atoms with Gasteiger partial charge < -0.3 is 20.4 Å². The van der Waals surface area contributed by atoms with Gasteiger partial charge in [-0.3, -0.25) is 14.4 Å². The first-order valence-corrected chi connectivity index (χ1v) is 14.7. The maximum Gasteiger partial charge on any atom is 0.209 e. The second-order valence-corrected chi connectivity index (χ2v) is 13.4. The third kappa shape index (κ3) is 4.11. The molecule has 43 heavy (non-hydrogen) atoms. The van der Waals surface area contributed by atoms with Crippen LogP contribution in [0.25, 0.3) is 0 Å². The summed E-state index contributed by atoms with van der Waals surface area (Å²) in [5.74, 6) is 0.666. The lowest BCUT2D eigenvalue weighted by Crippen LogP contribution is -2.67.